The van der Waals surface area contributed by atoms with Crippen molar-refractivity contribution in [1.29, 1.82) is 5.26 Å². The molecule has 0 atom stereocenters. The number of aliphatic imine (C=N–C) groups is 1. The van der Waals surface area contributed by atoms with Gasteiger partial charge in [0.2, 0.25) is 0 Å². The molecular formula is C22H28N4O2. The highest BCUT2D eigenvalue weighted by Gasteiger charge is 2.06. The maximum absolute atomic E-state index is 8.99. The molecule has 2 aromatic carbocycles. The smallest absolute Gasteiger partial charge is 0.191 e. The van der Waals surface area contributed by atoms with Crippen molar-refractivity contribution in [2.24, 2.45) is 4.99 Å². The number of hydrogen-bond donors (Lipinski definition) is 2. The molecule has 0 saturated carbocycles. The highest BCUT2D eigenvalue weighted by molar-refractivity contribution is 5.79. The lowest BCUT2D eigenvalue weighted by molar-refractivity contribution is 0.287. The highest BCUT2D eigenvalue weighted by atomic mass is 16.5. The second-order valence-electron chi connectivity index (χ2n) is 6.06. The highest BCUT2D eigenvalue weighted by Crippen LogP contribution is 2.28. The van der Waals surface area contributed by atoms with Gasteiger partial charge in [-0.2, -0.15) is 5.26 Å². The number of nitrogens with one attached hydrogen (secondary N) is 2. The van der Waals surface area contributed by atoms with Crippen molar-refractivity contribution in [2.75, 3.05) is 26.8 Å². The topological polar surface area (TPSA) is 78.7 Å². The van der Waals surface area contributed by atoms with Crippen LogP contribution >= 0.6 is 0 Å². The van der Waals surface area contributed by atoms with Crippen LogP contribution in [0.4, 0.5) is 0 Å². The van der Waals surface area contributed by atoms with Crippen LogP contribution < -0.4 is 20.1 Å². The van der Waals surface area contributed by atoms with E-state index in [0.717, 1.165) is 41.6 Å². The standard InChI is InChI=1S/C22H28N4O2/c1-4-27-20-10-9-17(14-21(20)28-5-2)11-12-25-22(24-3)26-16-19-8-6-7-18(13-19)15-23/h6-10,13-14H,4-5,11-12,16H2,1-3H3,(H2,24,25,26). The van der Waals surface area contributed by atoms with Gasteiger partial charge in [-0.05, 0) is 55.7 Å². The lowest BCUT2D eigenvalue weighted by Crippen LogP contribution is -2.37. The van der Waals surface area contributed by atoms with Crippen LogP contribution in [0.3, 0.4) is 0 Å². The Morgan fingerprint density at radius 2 is 1.79 bits per heavy atom. The third kappa shape index (κ3) is 6.51. The molecule has 0 spiro atoms. The molecular weight excluding hydrogens is 352 g/mol. The number of ether oxygens (including phenoxy) is 2. The van der Waals surface area contributed by atoms with Crippen LogP contribution in [0, 0.1) is 11.3 Å². The number of rotatable bonds is 9. The van der Waals surface area contributed by atoms with Gasteiger partial charge in [0.25, 0.3) is 0 Å². The van der Waals surface area contributed by atoms with Crippen LogP contribution in [0.25, 0.3) is 0 Å². The Morgan fingerprint density at radius 1 is 1.00 bits per heavy atom. The van der Waals surface area contributed by atoms with Crippen LogP contribution in [0.5, 0.6) is 11.5 Å². The van der Waals surface area contributed by atoms with Crippen molar-refractivity contribution < 1.29 is 9.47 Å². The summed E-state index contributed by atoms with van der Waals surface area (Å²) in [6, 6.07) is 15.7. The van der Waals surface area contributed by atoms with Gasteiger partial charge in [-0.3, -0.25) is 4.99 Å². The monoisotopic (exact) mass is 380 g/mol. The second kappa shape index (κ2) is 11.5. The molecule has 0 bridgehead atoms. The predicted molar refractivity (Wildman–Crippen MR) is 112 cm³/mol. The molecule has 0 radical (unpaired) electrons. The average Bonchev–Trinajstić information content (AvgIpc) is 2.72. The average molecular weight is 380 g/mol. The second-order valence-corrected chi connectivity index (χ2v) is 6.06. The maximum atomic E-state index is 8.99. The summed E-state index contributed by atoms with van der Waals surface area (Å²) in [5.74, 6) is 2.28. The predicted octanol–water partition coefficient (Wildman–Crippen LogP) is 3.26. The summed E-state index contributed by atoms with van der Waals surface area (Å²) < 4.78 is 11.3. The molecule has 2 rings (SSSR count). The fourth-order valence-corrected chi connectivity index (χ4v) is 2.73. The van der Waals surface area contributed by atoms with Crippen LogP contribution in [-0.4, -0.2) is 32.8 Å². The van der Waals surface area contributed by atoms with Gasteiger partial charge < -0.3 is 20.1 Å². The van der Waals surface area contributed by atoms with Crippen LogP contribution in [0.15, 0.2) is 47.5 Å². The summed E-state index contributed by atoms with van der Waals surface area (Å²) in [5.41, 5.74) is 2.86. The number of hydrogen-bond acceptors (Lipinski definition) is 4. The molecule has 0 aliphatic heterocycles. The zero-order valence-corrected chi connectivity index (χ0v) is 16.8. The quantitative estimate of drug-likeness (QED) is 0.516. The van der Waals surface area contributed by atoms with Gasteiger partial charge in [-0.15, -0.1) is 0 Å². The molecule has 0 saturated heterocycles. The SMILES string of the molecule is CCOc1ccc(CCNC(=NC)NCc2cccc(C#N)c2)cc1OCC. The van der Waals surface area contributed by atoms with Crippen LogP contribution in [0.2, 0.25) is 0 Å². The van der Waals surface area contributed by atoms with Gasteiger partial charge in [-0.25, -0.2) is 0 Å². The lowest BCUT2D eigenvalue weighted by Gasteiger charge is -2.14. The zero-order chi connectivity index (χ0) is 20.2. The minimum atomic E-state index is 0.603. The molecule has 28 heavy (non-hydrogen) atoms. The van der Waals surface area contributed by atoms with Gasteiger partial charge in [0.05, 0.1) is 24.8 Å². The van der Waals surface area contributed by atoms with Gasteiger partial charge in [0.15, 0.2) is 17.5 Å². The molecule has 2 aromatic rings. The first-order chi connectivity index (χ1) is 13.7. The molecule has 0 unspecified atom stereocenters. The third-order valence-electron chi connectivity index (χ3n) is 4.05. The van der Waals surface area contributed by atoms with E-state index in [4.69, 9.17) is 14.7 Å². The Morgan fingerprint density at radius 3 is 2.50 bits per heavy atom. The summed E-state index contributed by atoms with van der Waals surface area (Å²) in [4.78, 5) is 4.25. The molecule has 0 amide bonds. The Hall–Kier alpha value is -3.20. The Bertz CT molecular complexity index is 828. The van der Waals surface area contributed by atoms with Gasteiger partial charge in [0, 0.05) is 20.1 Å². The summed E-state index contributed by atoms with van der Waals surface area (Å²) in [6.07, 6.45) is 0.830. The molecule has 0 heterocycles. The first kappa shape index (κ1) is 21.1. The number of nitriles is 1. The lowest BCUT2D eigenvalue weighted by atomic mass is 10.1. The molecule has 0 aliphatic rings. The van der Waals surface area contributed by atoms with Crippen molar-refractivity contribution >= 4 is 5.96 Å². The summed E-state index contributed by atoms with van der Waals surface area (Å²) in [5, 5.41) is 15.6. The van der Waals surface area contributed by atoms with Crippen molar-refractivity contribution in [1.82, 2.24) is 10.6 Å². The molecule has 6 heteroatoms. The first-order valence-electron chi connectivity index (χ1n) is 9.52. The first-order valence-corrected chi connectivity index (χ1v) is 9.52. The van der Waals surface area contributed by atoms with E-state index in [0.29, 0.717) is 25.3 Å². The van der Waals surface area contributed by atoms with Crippen LogP contribution in [-0.2, 0) is 13.0 Å². The van der Waals surface area contributed by atoms with E-state index in [2.05, 4.69) is 27.8 Å². The summed E-state index contributed by atoms with van der Waals surface area (Å²) >= 11 is 0. The molecule has 0 fully saturated rings. The van der Waals surface area contributed by atoms with E-state index in [9.17, 15) is 0 Å². The van der Waals surface area contributed by atoms with Gasteiger partial charge in [0.1, 0.15) is 0 Å². The van der Waals surface area contributed by atoms with E-state index >= 15 is 0 Å². The fraction of sp³-hybridized carbons (Fsp3) is 0.364. The molecule has 0 aliphatic carbocycles. The van der Waals surface area contributed by atoms with Crippen molar-refractivity contribution in [3.8, 4) is 17.6 Å². The Balaban J connectivity index is 1.86. The molecule has 2 N–H and O–H groups in total. The fourth-order valence-electron chi connectivity index (χ4n) is 2.73. The zero-order valence-electron chi connectivity index (χ0n) is 16.8. The van der Waals surface area contributed by atoms with E-state index in [1.54, 1.807) is 13.1 Å². The van der Waals surface area contributed by atoms with Crippen molar-refractivity contribution in [3.63, 3.8) is 0 Å². The van der Waals surface area contributed by atoms with Gasteiger partial charge >= 0.3 is 0 Å². The van der Waals surface area contributed by atoms with Gasteiger partial charge in [-0.1, -0.05) is 18.2 Å². The summed E-state index contributed by atoms with van der Waals surface area (Å²) in [7, 11) is 1.74. The number of guanidine groups is 1. The molecule has 0 aromatic heterocycles. The number of nitrogens with zero attached hydrogens (tertiary/aromatic N) is 2. The minimum Gasteiger partial charge on any atom is -0.490 e. The van der Waals surface area contributed by atoms with E-state index in [-0.39, 0.29) is 0 Å². The molecule has 6 nitrogen and oxygen atoms in total. The Kier molecular flexibility index (Phi) is 8.67. The Labute approximate surface area is 167 Å². The van der Waals surface area contributed by atoms with Crippen molar-refractivity contribution in [2.45, 2.75) is 26.8 Å². The van der Waals surface area contributed by atoms with E-state index < -0.39 is 0 Å². The van der Waals surface area contributed by atoms with Crippen molar-refractivity contribution in [3.05, 3.63) is 59.2 Å². The number of benzene rings is 2. The van der Waals surface area contributed by atoms with Crippen LogP contribution in [0.1, 0.15) is 30.5 Å². The minimum absolute atomic E-state index is 0.603. The third-order valence-corrected chi connectivity index (χ3v) is 4.05. The molecule has 148 valence electrons. The van der Waals surface area contributed by atoms with E-state index in [1.165, 1.54) is 0 Å². The largest absolute Gasteiger partial charge is 0.490 e. The normalized spacial score (nSPS) is 10.9. The van der Waals surface area contributed by atoms with E-state index in [1.807, 2.05) is 44.2 Å². The maximum Gasteiger partial charge on any atom is 0.191 e. The summed E-state index contributed by atoms with van der Waals surface area (Å²) in [6.45, 7) is 6.48.